The summed E-state index contributed by atoms with van der Waals surface area (Å²) in [6.07, 6.45) is 6.42. The zero-order valence-electron chi connectivity index (χ0n) is 31.3. The molecule has 3 atom stereocenters. The number of fused-ring (bicyclic) bond motifs is 3. The van der Waals surface area contributed by atoms with Crippen molar-refractivity contribution in [3.05, 3.63) is 46.9 Å². The molecule has 4 aliphatic rings. The van der Waals surface area contributed by atoms with Gasteiger partial charge in [0.05, 0.1) is 23.4 Å². The van der Waals surface area contributed by atoms with Crippen LogP contribution in [0.25, 0.3) is 10.8 Å². The lowest BCUT2D eigenvalue weighted by Gasteiger charge is -2.40. The van der Waals surface area contributed by atoms with E-state index in [1.807, 2.05) is 32.0 Å². The number of anilines is 2. The molecule has 13 heteroatoms. The highest BCUT2D eigenvalue weighted by atomic mass is 19.1. The van der Waals surface area contributed by atoms with Gasteiger partial charge in [0.25, 0.3) is 0 Å². The van der Waals surface area contributed by atoms with Gasteiger partial charge in [0.1, 0.15) is 30.6 Å². The molecule has 7 rings (SSSR count). The third-order valence-electron chi connectivity index (χ3n) is 11.4. The molecule has 12 nitrogen and oxygen atoms in total. The molecule has 2 aromatic carbocycles. The molecule has 3 saturated heterocycles. The van der Waals surface area contributed by atoms with Crippen LogP contribution in [0.4, 0.5) is 20.7 Å². The Bertz CT molecular complexity index is 1790. The SMILES string of the molecule is CCc1c(F)ccc2cc(OCOC)cc(N3CCc4c(nc(OC[C@]56CCCN5[C@H](COC(=O)N(C)C)CC6)nc4N4CCC[C@@](C)(O)C4)C3)c12. The summed E-state index contributed by atoms with van der Waals surface area (Å²) in [5.41, 5.74) is 2.50. The summed E-state index contributed by atoms with van der Waals surface area (Å²) in [5.74, 6) is 1.25. The molecule has 0 saturated carbocycles. The van der Waals surface area contributed by atoms with Crippen LogP contribution in [-0.2, 0) is 28.9 Å². The third kappa shape index (κ3) is 7.19. The molecule has 1 N–H and O–H groups in total. The monoisotopic (exact) mass is 720 g/mol. The van der Waals surface area contributed by atoms with E-state index in [2.05, 4.69) is 14.7 Å². The summed E-state index contributed by atoms with van der Waals surface area (Å²) in [6, 6.07) is 7.73. The summed E-state index contributed by atoms with van der Waals surface area (Å²) in [5, 5.41) is 12.9. The van der Waals surface area contributed by atoms with E-state index in [0.29, 0.717) is 63.0 Å². The maximum absolute atomic E-state index is 15.3. The Morgan fingerprint density at radius 1 is 1.08 bits per heavy atom. The van der Waals surface area contributed by atoms with E-state index in [1.54, 1.807) is 21.2 Å². The molecule has 3 aromatic rings. The number of rotatable bonds is 11. The second-order valence-electron chi connectivity index (χ2n) is 15.4. The number of hydrogen-bond acceptors (Lipinski definition) is 11. The van der Waals surface area contributed by atoms with E-state index in [1.165, 1.54) is 11.0 Å². The smallest absolute Gasteiger partial charge is 0.409 e. The first-order valence-corrected chi connectivity index (χ1v) is 18.7. The molecule has 282 valence electrons. The van der Waals surface area contributed by atoms with Crippen LogP contribution >= 0.6 is 0 Å². The molecule has 4 aliphatic heterocycles. The van der Waals surface area contributed by atoms with Crippen LogP contribution in [-0.4, -0.2) is 116 Å². The van der Waals surface area contributed by atoms with Crippen molar-refractivity contribution in [1.82, 2.24) is 19.8 Å². The van der Waals surface area contributed by atoms with Crippen LogP contribution in [0.3, 0.4) is 0 Å². The molecular formula is C39H53FN6O6. The second-order valence-corrected chi connectivity index (χ2v) is 15.4. The largest absolute Gasteiger partial charge is 0.467 e. The number of amides is 1. The Balaban J connectivity index is 1.21. The van der Waals surface area contributed by atoms with E-state index in [9.17, 15) is 9.90 Å². The van der Waals surface area contributed by atoms with Gasteiger partial charge in [-0.05, 0) is 87.9 Å². The van der Waals surface area contributed by atoms with Gasteiger partial charge in [-0.2, -0.15) is 9.97 Å². The number of halogens is 1. The van der Waals surface area contributed by atoms with Gasteiger partial charge in [0.2, 0.25) is 0 Å². The van der Waals surface area contributed by atoms with Gasteiger partial charge < -0.3 is 38.8 Å². The van der Waals surface area contributed by atoms with Crippen LogP contribution in [0, 0.1) is 5.82 Å². The van der Waals surface area contributed by atoms with Crippen molar-refractivity contribution in [2.24, 2.45) is 0 Å². The molecule has 5 heterocycles. The fraction of sp³-hybridized carbons (Fsp3) is 0.615. The van der Waals surface area contributed by atoms with Crippen molar-refractivity contribution in [3.8, 4) is 11.8 Å². The van der Waals surface area contributed by atoms with E-state index in [0.717, 1.165) is 85.1 Å². The number of benzene rings is 2. The van der Waals surface area contributed by atoms with Crippen LogP contribution < -0.4 is 19.3 Å². The predicted molar refractivity (Wildman–Crippen MR) is 197 cm³/mol. The van der Waals surface area contributed by atoms with Gasteiger partial charge in [0.15, 0.2) is 6.79 Å². The summed E-state index contributed by atoms with van der Waals surface area (Å²) in [7, 11) is 4.98. The van der Waals surface area contributed by atoms with Crippen LogP contribution in [0.2, 0.25) is 0 Å². The average molecular weight is 721 g/mol. The molecule has 0 bridgehead atoms. The summed E-state index contributed by atoms with van der Waals surface area (Å²) < 4.78 is 38.6. The predicted octanol–water partition coefficient (Wildman–Crippen LogP) is 5.30. The lowest BCUT2D eigenvalue weighted by Crippen LogP contribution is -2.48. The van der Waals surface area contributed by atoms with Gasteiger partial charge in [-0.1, -0.05) is 13.0 Å². The molecule has 1 aromatic heterocycles. The number of carbonyl (C=O) groups excluding carboxylic acids is 1. The van der Waals surface area contributed by atoms with E-state index >= 15 is 4.39 Å². The number of aliphatic hydroxyl groups is 1. The number of ether oxygens (including phenoxy) is 4. The highest BCUT2D eigenvalue weighted by Crippen LogP contribution is 2.44. The number of hydrogen-bond donors (Lipinski definition) is 1. The first-order valence-electron chi connectivity index (χ1n) is 18.7. The Hall–Kier alpha value is -3.94. The first kappa shape index (κ1) is 36.4. The Kier molecular flexibility index (Phi) is 10.4. The van der Waals surface area contributed by atoms with Crippen LogP contribution in [0.15, 0.2) is 24.3 Å². The standard InChI is InChI=1S/C39H53FN6O6/c1-6-29-31(40)10-9-26-19-28(52-25-49-5)20-33(34(26)29)44-18-12-30-32(21-44)41-36(42-35(30)45-16-7-13-38(2,48)23-45)51-24-39-14-8-17-46(39)27(11-15-39)22-50-37(47)43(3)4/h9-10,19-20,27,48H,6-8,11-18,21-25H2,1-5H3/t27-,38+,39+/m0/s1. The number of β-amino-alcohol motifs (C(OH)–C–C–N with tert-alkyl or cyclic N) is 1. The van der Waals surface area contributed by atoms with Gasteiger partial charge in [-0.15, -0.1) is 0 Å². The summed E-state index contributed by atoms with van der Waals surface area (Å²) >= 11 is 0. The second kappa shape index (κ2) is 14.8. The maximum atomic E-state index is 15.3. The van der Waals surface area contributed by atoms with Crippen molar-refractivity contribution in [2.45, 2.75) is 88.9 Å². The quantitative estimate of drug-likeness (QED) is 0.261. The van der Waals surface area contributed by atoms with E-state index in [4.69, 9.17) is 28.9 Å². The summed E-state index contributed by atoms with van der Waals surface area (Å²) in [6.45, 7) is 8.12. The average Bonchev–Trinajstić information content (AvgIpc) is 3.70. The molecule has 0 aliphatic carbocycles. The molecule has 0 spiro atoms. The highest BCUT2D eigenvalue weighted by molar-refractivity contribution is 5.98. The van der Waals surface area contributed by atoms with Gasteiger partial charge in [-0.25, -0.2) is 9.18 Å². The number of nitrogens with zero attached hydrogens (tertiary/aromatic N) is 6. The van der Waals surface area contributed by atoms with Crippen molar-refractivity contribution < 1.29 is 33.2 Å². The minimum absolute atomic E-state index is 0.105. The van der Waals surface area contributed by atoms with Crippen molar-refractivity contribution in [2.75, 3.05) is 77.2 Å². The van der Waals surface area contributed by atoms with Gasteiger partial charge in [0, 0.05) is 69.6 Å². The number of aryl methyl sites for hydroxylation is 1. The van der Waals surface area contributed by atoms with E-state index in [-0.39, 0.29) is 30.3 Å². The lowest BCUT2D eigenvalue weighted by molar-refractivity contribution is 0.0440. The molecule has 52 heavy (non-hydrogen) atoms. The Morgan fingerprint density at radius 3 is 2.67 bits per heavy atom. The van der Waals surface area contributed by atoms with Gasteiger partial charge >= 0.3 is 12.1 Å². The van der Waals surface area contributed by atoms with E-state index < -0.39 is 5.60 Å². The van der Waals surface area contributed by atoms with Crippen molar-refractivity contribution in [3.63, 3.8) is 0 Å². The summed E-state index contributed by atoms with van der Waals surface area (Å²) in [4.78, 5) is 30.7. The van der Waals surface area contributed by atoms with Gasteiger partial charge in [-0.3, -0.25) is 4.90 Å². The maximum Gasteiger partial charge on any atom is 0.409 e. The number of aromatic nitrogens is 2. The van der Waals surface area contributed by atoms with Crippen molar-refractivity contribution in [1.29, 1.82) is 0 Å². The molecule has 1 amide bonds. The zero-order chi connectivity index (χ0) is 36.6. The zero-order valence-corrected chi connectivity index (χ0v) is 31.3. The number of piperidine rings is 1. The minimum atomic E-state index is -0.821. The lowest BCUT2D eigenvalue weighted by atomic mass is 9.94. The molecule has 3 fully saturated rings. The topological polar surface area (TPSA) is 113 Å². The normalized spacial score (nSPS) is 24.6. The number of carbonyl (C=O) groups is 1. The molecule has 0 radical (unpaired) electrons. The van der Waals surface area contributed by atoms with Crippen LogP contribution in [0.5, 0.6) is 11.8 Å². The molecule has 0 unspecified atom stereocenters. The van der Waals surface area contributed by atoms with Crippen molar-refractivity contribution >= 4 is 28.4 Å². The number of methoxy groups -OCH3 is 1. The molecular weight excluding hydrogens is 667 g/mol. The Labute approximate surface area is 305 Å². The fourth-order valence-corrected chi connectivity index (χ4v) is 8.88. The highest BCUT2D eigenvalue weighted by Gasteiger charge is 2.50. The minimum Gasteiger partial charge on any atom is -0.467 e. The Morgan fingerprint density at radius 2 is 1.90 bits per heavy atom. The van der Waals surface area contributed by atoms with Crippen LogP contribution in [0.1, 0.15) is 69.2 Å². The fourth-order valence-electron chi connectivity index (χ4n) is 8.88. The first-order chi connectivity index (χ1) is 25.0. The third-order valence-corrected chi connectivity index (χ3v) is 11.4.